The summed E-state index contributed by atoms with van der Waals surface area (Å²) in [5, 5.41) is 4.00. The molecule has 138 valence electrons. The Bertz CT molecular complexity index is 733. The van der Waals surface area contributed by atoms with Gasteiger partial charge in [-0.3, -0.25) is 4.79 Å². The summed E-state index contributed by atoms with van der Waals surface area (Å²) in [6.45, 7) is 4.92. The third-order valence-corrected chi connectivity index (χ3v) is 5.07. The van der Waals surface area contributed by atoms with Crippen LogP contribution >= 0.6 is 27.7 Å². The summed E-state index contributed by atoms with van der Waals surface area (Å²) in [5.41, 5.74) is 4.63. The largest absolute Gasteiger partial charge is 0.493 e. The summed E-state index contributed by atoms with van der Waals surface area (Å²) in [4.78, 5) is 11.8. The van der Waals surface area contributed by atoms with Gasteiger partial charge in [-0.25, -0.2) is 5.43 Å². The Hall–Kier alpha value is -1.79. The molecule has 0 saturated heterocycles. The number of hydrogen-bond acceptors (Lipinski definition) is 4. The highest BCUT2D eigenvalue weighted by Crippen LogP contribution is 2.21. The second kappa shape index (κ2) is 11.0. The van der Waals surface area contributed by atoms with Crippen LogP contribution in [0.25, 0.3) is 0 Å². The number of rotatable bonds is 9. The normalized spacial score (nSPS) is 11.1. The van der Waals surface area contributed by atoms with Gasteiger partial charge in [0.2, 0.25) is 5.91 Å². The molecule has 26 heavy (non-hydrogen) atoms. The minimum Gasteiger partial charge on any atom is -0.493 e. The highest BCUT2D eigenvalue weighted by Gasteiger charge is 2.03. The lowest BCUT2D eigenvalue weighted by molar-refractivity contribution is -0.118. The number of carbonyl (C=O) groups excluding carboxylic acids is 1. The lowest BCUT2D eigenvalue weighted by atomic mass is 10.2. The SMILES string of the molecule is CC(C)COc1ccc(/C=N/NC(=O)CSCc2ccccc2Br)cc1. The molecule has 2 aromatic rings. The standard InChI is InChI=1S/C20H23BrN2O2S/c1-15(2)12-25-18-9-7-16(8-10-18)11-22-23-20(24)14-26-13-17-5-3-4-6-19(17)21/h3-11,15H,12-14H2,1-2H3,(H,23,24)/b22-11+. The van der Waals surface area contributed by atoms with Crippen LogP contribution in [0.4, 0.5) is 0 Å². The van der Waals surface area contributed by atoms with Gasteiger partial charge in [0.05, 0.1) is 18.6 Å². The predicted molar refractivity (Wildman–Crippen MR) is 113 cm³/mol. The van der Waals surface area contributed by atoms with Crippen LogP contribution in [-0.2, 0) is 10.5 Å². The van der Waals surface area contributed by atoms with E-state index in [0.717, 1.165) is 21.5 Å². The van der Waals surface area contributed by atoms with E-state index in [4.69, 9.17) is 4.74 Å². The molecule has 0 heterocycles. The third kappa shape index (κ3) is 7.62. The van der Waals surface area contributed by atoms with Crippen molar-refractivity contribution >= 4 is 39.8 Å². The first-order valence-corrected chi connectivity index (χ1v) is 10.4. The summed E-state index contributed by atoms with van der Waals surface area (Å²) in [6, 6.07) is 15.6. The Morgan fingerprint density at radius 2 is 1.96 bits per heavy atom. The maximum atomic E-state index is 11.8. The van der Waals surface area contributed by atoms with Gasteiger partial charge in [-0.1, -0.05) is 48.0 Å². The molecular formula is C20H23BrN2O2S. The Morgan fingerprint density at radius 3 is 2.65 bits per heavy atom. The van der Waals surface area contributed by atoms with Crippen molar-refractivity contribution in [3.05, 3.63) is 64.1 Å². The summed E-state index contributed by atoms with van der Waals surface area (Å²) in [5.74, 6) is 2.35. The van der Waals surface area contributed by atoms with Crippen LogP contribution in [0.15, 0.2) is 58.1 Å². The van der Waals surface area contributed by atoms with E-state index >= 15 is 0 Å². The number of nitrogens with zero attached hydrogens (tertiary/aromatic N) is 1. The van der Waals surface area contributed by atoms with E-state index < -0.39 is 0 Å². The molecule has 0 unspecified atom stereocenters. The van der Waals surface area contributed by atoms with Crippen molar-refractivity contribution < 1.29 is 9.53 Å². The van der Waals surface area contributed by atoms with Gasteiger partial charge >= 0.3 is 0 Å². The van der Waals surface area contributed by atoms with Gasteiger partial charge in [0, 0.05) is 10.2 Å². The quantitative estimate of drug-likeness (QED) is 0.452. The van der Waals surface area contributed by atoms with Crippen LogP contribution in [0.1, 0.15) is 25.0 Å². The van der Waals surface area contributed by atoms with Gasteiger partial charge < -0.3 is 4.74 Å². The van der Waals surface area contributed by atoms with E-state index in [1.54, 1.807) is 18.0 Å². The zero-order valence-electron chi connectivity index (χ0n) is 14.9. The molecular weight excluding hydrogens is 412 g/mol. The van der Waals surface area contributed by atoms with Crippen molar-refractivity contribution in [1.82, 2.24) is 5.43 Å². The summed E-state index contributed by atoms with van der Waals surface area (Å²) in [6.07, 6.45) is 1.63. The monoisotopic (exact) mass is 434 g/mol. The minimum absolute atomic E-state index is 0.116. The second-order valence-corrected chi connectivity index (χ2v) is 7.99. The van der Waals surface area contributed by atoms with Crippen molar-refractivity contribution in [2.45, 2.75) is 19.6 Å². The average Bonchev–Trinajstić information content (AvgIpc) is 2.62. The first-order chi connectivity index (χ1) is 12.5. The fourth-order valence-electron chi connectivity index (χ4n) is 1.99. The number of halogens is 1. The number of ether oxygens (including phenoxy) is 1. The maximum Gasteiger partial charge on any atom is 0.250 e. The molecule has 0 aliphatic rings. The molecule has 0 aliphatic carbocycles. The van der Waals surface area contributed by atoms with Gasteiger partial charge in [-0.2, -0.15) is 5.10 Å². The van der Waals surface area contributed by atoms with Gasteiger partial charge in [0.25, 0.3) is 0 Å². The lowest BCUT2D eigenvalue weighted by Crippen LogP contribution is -2.19. The molecule has 1 amide bonds. The first kappa shape index (κ1) is 20.5. The average molecular weight is 435 g/mol. The maximum absolute atomic E-state index is 11.8. The van der Waals surface area contributed by atoms with Gasteiger partial charge in [-0.05, 0) is 47.4 Å². The molecule has 0 saturated carbocycles. The predicted octanol–water partition coefficient (Wildman–Crippen LogP) is 4.87. The van der Waals surface area contributed by atoms with E-state index in [-0.39, 0.29) is 5.91 Å². The number of hydrogen-bond donors (Lipinski definition) is 1. The number of hydrazone groups is 1. The molecule has 0 aliphatic heterocycles. The fraction of sp³-hybridized carbons (Fsp3) is 0.300. The Morgan fingerprint density at radius 1 is 1.23 bits per heavy atom. The summed E-state index contributed by atoms with van der Waals surface area (Å²) >= 11 is 5.06. The number of thioether (sulfide) groups is 1. The molecule has 0 aromatic heterocycles. The smallest absolute Gasteiger partial charge is 0.250 e. The van der Waals surface area contributed by atoms with Crippen LogP contribution in [0.5, 0.6) is 5.75 Å². The molecule has 4 nitrogen and oxygen atoms in total. The van der Waals surface area contributed by atoms with Gasteiger partial charge in [0.15, 0.2) is 0 Å². The molecule has 2 rings (SSSR count). The molecule has 6 heteroatoms. The number of amides is 1. The Balaban J connectivity index is 1.70. The van der Waals surface area contributed by atoms with Gasteiger partial charge in [0.1, 0.15) is 5.75 Å². The van der Waals surface area contributed by atoms with Crippen molar-refractivity contribution in [2.75, 3.05) is 12.4 Å². The Kier molecular flexibility index (Phi) is 8.71. The lowest BCUT2D eigenvalue weighted by Gasteiger charge is -2.08. The number of benzene rings is 2. The zero-order chi connectivity index (χ0) is 18.8. The van der Waals surface area contributed by atoms with Crippen LogP contribution in [0, 0.1) is 5.92 Å². The van der Waals surface area contributed by atoms with Crippen LogP contribution < -0.4 is 10.2 Å². The number of nitrogens with one attached hydrogen (secondary N) is 1. The molecule has 0 bridgehead atoms. The van der Waals surface area contributed by atoms with E-state index in [0.29, 0.717) is 18.3 Å². The summed E-state index contributed by atoms with van der Waals surface area (Å²) < 4.78 is 6.70. The van der Waals surface area contributed by atoms with Crippen molar-refractivity contribution in [1.29, 1.82) is 0 Å². The topological polar surface area (TPSA) is 50.7 Å². The molecule has 1 N–H and O–H groups in total. The van der Waals surface area contributed by atoms with Crippen LogP contribution in [0.3, 0.4) is 0 Å². The molecule has 0 spiro atoms. The minimum atomic E-state index is -0.116. The van der Waals surface area contributed by atoms with Gasteiger partial charge in [-0.15, -0.1) is 11.8 Å². The van der Waals surface area contributed by atoms with E-state index in [9.17, 15) is 4.79 Å². The highest BCUT2D eigenvalue weighted by atomic mass is 79.9. The summed E-state index contributed by atoms with van der Waals surface area (Å²) in [7, 11) is 0. The van der Waals surface area contributed by atoms with E-state index in [1.165, 1.54) is 5.56 Å². The van der Waals surface area contributed by atoms with E-state index in [1.807, 2.05) is 48.5 Å². The third-order valence-electron chi connectivity index (χ3n) is 3.31. The van der Waals surface area contributed by atoms with E-state index in [2.05, 4.69) is 40.3 Å². The van der Waals surface area contributed by atoms with Crippen LogP contribution in [-0.4, -0.2) is 24.5 Å². The first-order valence-electron chi connectivity index (χ1n) is 8.40. The Labute approximate surface area is 167 Å². The zero-order valence-corrected chi connectivity index (χ0v) is 17.3. The van der Waals surface area contributed by atoms with Crippen molar-refractivity contribution in [3.8, 4) is 5.75 Å². The van der Waals surface area contributed by atoms with Crippen molar-refractivity contribution in [2.24, 2.45) is 11.0 Å². The highest BCUT2D eigenvalue weighted by molar-refractivity contribution is 9.10. The van der Waals surface area contributed by atoms with Crippen LogP contribution in [0.2, 0.25) is 0 Å². The second-order valence-electron chi connectivity index (χ2n) is 6.15. The molecule has 2 aromatic carbocycles. The fourth-order valence-corrected chi connectivity index (χ4v) is 3.43. The number of carbonyl (C=O) groups is 1. The molecule has 0 atom stereocenters. The molecule has 0 radical (unpaired) electrons. The molecule has 0 fully saturated rings. The van der Waals surface area contributed by atoms with Crippen molar-refractivity contribution in [3.63, 3.8) is 0 Å².